The number of carbonyl (C=O) groups is 1. The Morgan fingerprint density at radius 3 is 2.42 bits per heavy atom. The van der Waals surface area contributed by atoms with Crippen molar-refractivity contribution in [3.8, 4) is 0 Å². The van der Waals surface area contributed by atoms with Gasteiger partial charge in [0.05, 0.1) is 5.69 Å². The van der Waals surface area contributed by atoms with Crippen LogP contribution < -0.4 is 9.73 Å². The normalized spacial score (nSPS) is 19.2. The molecule has 0 atom stereocenters. The zero-order valence-electron chi connectivity index (χ0n) is 11.0. The zero-order valence-corrected chi connectivity index (χ0v) is 11.8. The monoisotopic (exact) mass is 283 g/mol. The minimum atomic E-state index is -3.69. The van der Waals surface area contributed by atoms with Gasteiger partial charge < -0.3 is 0 Å². The van der Waals surface area contributed by atoms with Crippen LogP contribution in [0, 0.1) is 6.92 Å². The maximum atomic E-state index is 12.4. The van der Waals surface area contributed by atoms with Crippen molar-refractivity contribution in [1.82, 2.24) is 9.84 Å². The van der Waals surface area contributed by atoms with E-state index in [2.05, 4.69) is 5.43 Å². The highest BCUT2D eigenvalue weighted by Gasteiger charge is 2.34. The van der Waals surface area contributed by atoms with Crippen LogP contribution in [-0.2, 0) is 15.0 Å². The summed E-state index contributed by atoms with van der Waals surface area (Å²) in [5, 5.41) is 0. The number of rotatable bonds is 2. The number of amides is 1. The number of anilines is 1. The third kappa shape index (κ3) is 2.87. The Morgan fingerprint density at radius 2 is 1.84 bits per heavy atom. The predicted octanol–water partition coefficient (Wildman–Crippen LogP) is 0.803. The zero-order chi connectivity index (χ0) is 14.0. The van der Waals surface area contributed by atoms with E-state index in [1.807, 2.05) is 19.1 Å². The van der Waals surface area contributed by atoms with Crippen LogP contribution in [0.15, 0.2) is 24.3 Å². The van der Waals surface area contributed by atoms with Crippen molar-refractivity contribution >= 4 is 21.8 Å². The minimum absolute atomic E-state index is 0.296. The van der Waals surface area contributed by atoms with Gasteiger partial charge in [0.15, 0.2) is 0 Å². The van der Waals surface area contributed by atoms with E-state index in [-0.39, 0.29) is 0 Å². The quantitative estimate of drug-likeness (QED) is 0.873. The van der Waals surface area contributed by atoms with Crippen molar-refractivity contribution in [1.29, 1.82) is 0 Å². The number of aryl methyl sites for hydroxylation is 1. The Hall–Kier alpha value is -1.60. The van der Waals surface area contributed by atoms with E-state index in [9.17, 15) is 13.2 Å². The molecule has 1 N–H and O–H groups in total. The molecular formula is C12H17N3O3S. The number of nitrogens with zero attached hydrogens (tertiary/aromatic N) is 2. The number of hydrogen-bond donors (Lipinski definition) is 1. The molecule has 0 saturated carbocycles. The Labute approximate surface area is 113 Å². The highest BCUT2D eigenvalue weighted by Crippen LogP contribution is 2.23. The van der Waals surface area contributed by atoms with Crippen LogP contribution in [0.25, 0.3) is 0 Å². The van der Waals surface area contributed by atoms with Gasteiger partial charge in [-0.25, -0.2) is 0 Å². The van der Waals surface area contributed by atoms with E-state index in [4.69, 9.17) is 0 Å². The molecular weight excluding hydrogens is 266 g/mol. The molecule has 1 fully saturated rings. The molecule has 19 heavy (non-hydrogen) atoms. The number of nitrogens with one attached hydrogen (secondary N) is 1. The second-order valence-corrected chi connectivity index (χ2v) is 6.29. The van der Waals surface area contributed by atoms with Crippen LogP contribution >= 0.6 is 0 Å². The maximum Gasteiger partial charge on any atom is 0.321 e. The molecule has 1 aromatic carbocycles. The molecule has 1 aliphatic rings. The van der Waals surface area contributed by atoms with Gasteiger partial charge in [-0.2, -0.15) is 8.42 Å². The van der Waals surface area contributed by atoms with Gasteiger partial charge in [-0.1, -0.05) is 22.1 Å². The first kappa shape index (κ1) is 13.8. The molecule has 104 valence electrons. The molecule has 0 bridgehead atoms. The molecule has 6 nitrogen and oxygen atoms in total. The number of hydrogen-bond acceptors (Lipinski definition) is 3. The molecule has 7 heteroatoms. The van der Waals surface area contributed by atoms with Crippen molar-refractivity contribution in [2.24, 2.45) is 0 Å². The third-order valence-corrected chi connectivity index (χ3v) is 4.66. The van der Waals surface area contributed by atoms with Crippen molar-refractivity contribution in [2.45, 2.75) is 20.3 Å². The first-order valence-corrected chi connectivity index (χ1v) is 7.45. The lowest BCUT2D eigenvalue weighted by atomic mass is 10.2. The van der Waals surface area contributed by atoms with E-state index in [0.29, 0.717) is 25.2 Å². The molecule has 1 aromatic rings. The molecule has 0 aromatic heterocycles. The Bertz CT molecular complexity index is 568. The predicted molar refractivity (Wildman–Crippen MR) is 72.6 cm³/mol. The average molecular weight is 283 g/mol. The topological polar surface area (TPSA) is 69.7 Å². The summed E-state index contributed by atoms with van der Waals surface area (Å²) in [5.74, 6) is -0.394. The molecule has 0 aliphatic carbocycles. The number of hydrazine groups is 1. The summed E-state index contributed by atoms with van der Waals surface area (Å²) in [5.41, 5.74) is 4.03. The van der Waals surface area contributed by atoms with E-state index in [1.54, 1.807) is 12.1 Å². The largest absolute Gasteiger partial charge is 0.321 e. The van der Waals surface area contributed by atoms with Gasteiger partial charge in [0.1, 0.15) is 0 Å². The fourth-order valence-corrected chi connectivity index (χ4v) is 3.56. The van der Waals surface area contributed by atoms with Gasteiger partial charge in [0.25, 0.3) is 0 Å². The fourth-order valence-electron chi connectivity index (χ4n) is 1.97. The van der Waals surface area contributed by atoms with Gasteiger partial charge in [-0.3, -0.25) is 14.5 Å². The molecule has 1 amide bonds. The minimum Gasteiger partial charge on any atom is -0.274 e. The smallest absolute Gasteiger partial charge is 0.274 e. The Kier molecular flexibility index (Phi) is 3.77. The van der Waals surface area contributed by atoms with Gasteiger partial charge in [0.2, 0.25) is 5.91 Å². The number of benzene rings is 1. The first-order valence-electron chi connectivity index (χ1n) is 6.05. The van der Waals surface area contributed by atoms with Crippen molar-refractivity contribution in [2.75, 3.05) is 17.4 Å². The summed E-state index contributed by atoms with van der Waals surface area (Å²) in [4.78, 5) is 11.1. The second-order valence-electron chi connectivity index (χ2n) is 4.51. The first-order chi connectivity index (χ1) is 8.91. The van der Waals surface area contributed by atoms with Gasteiger partial charge in [-0.05, 0) is 25.5 Å². The maximum absolute atomic E-state index is 12.4. The highest BCUT2D eigenvalue weighted by atomic mass is 32.2. The highest BCUT2D eigenvalue weighted by molar-refractivity contribution is 7.90. The van der Waals surface area contributed by atoms with Gasteiger partial charge in [-0.15, -0.1) is 0 Å². The van der Waals surface area contributed by atoms with Crippen LogP contribution in [-0.4, -0.2) is 31.8 Å². The lowest BCUT2D eigenvalue weighted by Gasteiger charge is -2.35. The van der Waals surface area contributed by atoms with E-state index < -0.39 is 16.1 Å². The third-order valence-electron chi connectivity index (χ3n) is 2.88. The second kappa shape index (κ2) is 5.18. The summed E-state index contributed by atoms with van der Waals surface area (Å²) in [7, 11) is -3.69. The molecule has 0 unspecified atom stereocenters. The van der Waals surface area contributed by atoms with Gasteiger partial charge >= 0.3 is 10.2 Å². The van der Waals surface area contributed by atoms with Crippen molar-refractivity contribution in [3.05, 3.63) is 29.8 Å². The van der Waals surface area contributed by atoms with Crippen LogP contribution in [0.5, 0.6) is 0 Å². The molecule has 2 rings (SSSR count). The van der Waals surface area contributed by atoms with Crippen LogP contribution in [0.2, 0.25) is 0 Å². The van der Waals surface area contributed by atoms with E-state index in [0.717, 1.165) is 9.98 Å². The van der Waals surface area contributed by atoms with Crippen LogP contribution in [0.3, 0.4) is 0 Å². The fraction of sp³-hybridized carbons (Fsp3) is 0.417. The SMILES string of the molecule is CC(=O)NN1CCCN(c2ccc(C)cc2)S1(=O)=O. The molecule has 1 heterocycles. The lowest BCUT2D eigenvalue weighted by molar-refractivity contribution is -0.121. The molecule has 1 saturated heterocycles. The van der Waals surface area contributed by atoms with Crippen LogP contribution in [0.1, 0.15) is 18.9 Å². The number of carbonyl (C=O) groups excluding carboxylic acids is 1. The molecule has 1 aliphatic heterocycles. The average Bonchev–Trinajstić information content (AvgIpc) is 2.33. The van der Waals surface area contributed by atoms with Crippen LogP contribution in [0.4, 0.5) is 5.69 Å². The van der Waals surface area contributed by atoms with Gasteiger partial charge in [0, 0.05) is 20.0 Å². The lowest BCUT2D eigenvalue weighted by Crippen LogP contribution is -2.56. The summed E-state index contributed by atoms with van der Waals surface area (Å²) in [6.45, 7) is 3.95. The Morgan fingerprint density at radius 1 is 1.21 bits per heavy atom. The Balaban J connectivity index is 2.30. The summed E-state index contributed by atoms with van der Waals surface area (Å²) >= 11 is 0. The molecule has 0 radical (unpaired) electrons. The van der Waals surface area contributed by atoms with Crippen molar-refractivity contribution < 1.29 is 13.2 Å². The summed E-state index contributed by atoms with van der Waals surface area (Å²) in [6.07, 6.45) is 0.660. The van der Waals surface area contributed by atoms with E-state index >= 15 is 0 Å². The molecule has 0 spiro atoms. The van der Waals surface area contributed by atoms with E-state index in [1.165, 1.54) is 11.2 Å². The summed E-state index contributed by atoms with van der Waals surface area (Å²) in [6, 6.07) is 7.26. The standard InChI is InChI=1S/C12H17N3O3S/c1-10-4-6-12(7-5-10)14-8-3-9-15(13-11(2)16)19(14,17)18/h4-7H,3,8-9H2,1-2H3,(H,13,16). The van der Waals surface area contributed by atoms with Crippen molar-refractivity contribution in [3.63, 3.8) is 0 Å². The summed E-state index contributed by atoms with van der Waals surface area (Å²) < 4.78 is 27.1.